The molecule has 0 bridgehead atoms. The van der Waals surface area contributed by atoms with E-state index in [9.17, 15) is 4.79 Å². The van der Waals surface area contributed by atoms with Crippen LogP contribution in [0.1, 0.15) is 108 Å². The Kier molecular flexibility index (Phi) is 9.78. The second-order valence-corrected chi connectivity index (χ2v) is 17.0. The van der Waals surface area contributed by atoms with Gasteiger partial charge in [0.15, 0.2) is 5.78 Å². The quantitative estimate of drug-likeness (QED) is 0.217. The van der Waals surface area contributed by atoms with Gasteiger partial charge < -0.3 is 13.6 Å². The van der Waals surface area contributed by atoms with Crippen molar-refractivity contribution in [3.63, 3.8) is 0 Å². The van der Waals surface area contributed by atoms with Gasteiger partial charge in [0.05, 0.1) is 16.1 Å². The first-order chi connectivity index (χ1) is 15.9. The van der Waals surface area contributed by atoms with Crippen LogP contribution >= 0.6 is 11.3 Å². The fraction of sp³-hybridized carbons (Fsp3) is 0.607. The van der Waals surface area contributed by atoms with Crippen LogP contribution in [0.4, 0.5) is 0 Å². The van der Waals surface area contributed by atoms with Gasteiger partial charge in [0, 0.05) is 11.3 Å². The number of carbonyl (C=O) groups excluding carboxylic acids is 1. The predicted octanol–water partition coefficient (Wildman–Crippen LogP) is 8.10. The van der Waals surface area contributed by atoms with Crippen molar-refractivity contribution in [1.29, 1.82) is 0 Å². The van der Waals surface area contributed by atoms with E-state index in [1.807, 2.05) is 25.1 Å². The second kappa shape index (κ2) is 11.4. The Hall–Kier alpha value is -1.26. The van der Waals surface area contributed by atoms with E-state index in [2.05, 4.69) is 81.4 Å². The Balaban J connectivity index is 2.36. The minimum atomic E-state index is -0.518. The standard InChI is InChI=1S/C28H42O4SSi2/c1-12-23(29)24-16-14-20(33-24)18-30-19-13-15-21(27(8,9)31-34-25(2,3)4)22(17-19)28(10,11)32-35-26(5,6)7/h13-17H,12,18H2,1-11H3. The largest absolute Gasteiger partial charge is 0.488 e. The first kappa shape index (κ1) is 30.0. The number of thiophene rings is 1. The predicted molar refractivity (Wildman–Crippen MR) is 149 cm³/mol. The van der Waals surface area contributed by atoms with Gasteiger partial charge in [-0.3, -0.25) is 4.79 Å². The summed E-state index contributed by atoms with van der Waals surface area (Å²) in [6.45, 7) is 24.0. The first-order valence-electron chi connectivity index (χ1n) is 12.2. The maximum absolute atomic E-state index is 12.0. The number of hydrogen-bond acceptors (Lipinski definition) is 5. The Morgan fingerprint density at radius 1 is 0.800 bits per heavy atom. The van der Waals surface area contributed by atoms with E-state index in [1.54, 1.807) is 0 Å². The van der Waals surface area contributed by atoms with Crippen molar-refractivity contribution in [2.45, 2.75) is 110 Å². The van der Waals surface area contributed by atoms with E-state index in [-0.39, 0.29) is 15.9 Å². The van der Waals surface area contributed by atoms with Gasteiger partial charge in [-0.2, -0.15) is 0 Å². The van der Waals surface area contributed by atoms with Crippen molar-refractivity contribution in [2.75, 3.05) is 0 Å². The van der Waals surface area contributed by atoms with Gasteiger partial charge in [0.1, 0.15) is 12.4 Å². The lowest BCUT2D eigenvalue weighted by Gasteiger charge is -2.37. The van der Waals surface area contributed by atoms with E-state index >= 15 is 0 Å². The number of ether oxygens (including phenoxy) is 1. The summed E-state index contributed by atoms with van der Waals surface area (Å²) in [5.41, 5.74) is 1.18. The van der Waals surface area contributed by atoms with E-state index in [0.29, 0.717) is 32.6 Å². The highest BCUT2D eigenvalue weighted by molar-refractivity contribution is 7.14. The van der Waals surface area contributed by atoms with Crippen molar-refractivity contribution >= 4 is 36.6 Å². The number of Topliss-reactive ketones (excluding diaryl/α,β-unsaturated/α-hetero) is 1. The highest BCUT2D eigenvalue weighted by Crippen LogP contribution is 2.40. The number of ketones is 1. The van der Waals surface area contributed by atoms with Gasteiger partial charge in [0.25, 0.3) is 0 Å². The average Bonchev–Trinajstić information content (AvgIpc) is 3.22. The van der Waals surface area contributed by atoms with Crippen molar-refractivity contribution in [3.8, 4) is 5.75 Å². The molecule has 0 aliphatic carbocycles. The molecule has 7 heteroatoms. The lowest BCUT2D eigenvalue weighted by atomic mass is 9.85. The molecule has 0 unspecified atom stereocenters. The molecule has 0 spiro atoms. The summed E-state index contributed by atoms with van der Waals surface area (Å²) in [5.74, 6) is 0.954. The zero-order valence-electron chi connectivity index (χ0n) is 23.3. The summed E-state index contributed by atoms with van der Waals surface area (Å²) >= 11 is 1.50. The summed E-state index contributed by atoms with van der Waals surface area (Å²) < 4.78 is 19.2. The first-order valence-corrected chi connectivity index (χ1v) is 14.9. The maximum atomic E-state index is 12.0. The molecule has 0 aliphatic rings. The normalized spacial score (nSPS) is 13.2. The van der Waals surface area contributed by atoms with Gasteiger partial charge in [-0.1, -0.05) is 54.5 Å². The number of rotatable bonds is 11. The van der Waals surface area contributed by atoms with Crippen LogP contribution in [0.15, 0.2) is 30.3 Å². The maximum Gasteiger partial charge on any atom is 0.236 e. The molecule has 35 heavy (non-hydrogen) atoms. The number of hydrogen-bond donors (Lipinski definition) is 0. The number of carbonyl (C=O) groups is 1. The minimum absolute atomic E-state index is 0.0813. The number of benzene rings is 1. The third-order valence-corrected chi connectivity index (χ3v) is 8.70. The molecule has 0 aliphatic heterocycles. The van der Waals surface area contributed by atoms with Crippen LogP contribution in [-0.2, 0) is 26.7 Å². The summed E-state index contributed by atoms with van der Waals surface area (Å²) in [7, 11) is 0.728. The Morgan fingerprint density at radius 2 is 1.34 bits per heavy atom. The summed E-state index contributed by atoms with van der Waals surface area (Å²) in [4.78, 5) is 13.8. The van der Waals surface area contributed by atoms with Gasteiger partial charge in [-0.05, 0) is 73.2 Å². The van der Waals surface area contributed by atoms with Crippen LogP contribution in [0.25, 0.3) is 0 Å². The Morgan fingerprint density at radius 3 is 1.86 bits per heavy atom. The van der Waals surface area contributed by atoms with Crippen LogP contribution < -0.4 is 4.74 Å². The zero-order chi connectivity index (χ0) is 26.7. The Labute approximate surface area is 222 Å². The van der Waals surface area contributed by atoms with Crippen molar-refractivity contribution in [2.24, 2.45) is 0 Å². The Bertz CT molecular complexity index is 997. The fourth-order valence-electron chi connectivity index (χ4n) is 3.24. The molecule has 0 N–H and O–H groups in total. The highest BCUT2D eigenvalue weighted by atomic mass is 32.1. The third kappa shape index (κ3) is 9.28. The molecule has 2 rings (SSSR count). The van der Waals surface area contributed by atoms with Crippen molar-refractivity contribution < 1.29 is 18.4 Å². The van der Waals surface area contributed by atoms with Crippen LogP contribution in [0.2, 0.25) is 10.1 Å². The van der Waals surface area contributed by atoms with Gasteiger partial charge in [0.2, 0.25) is 19.5 Å². The molecule has 0 saturated carbocycles. The average molecular weight is 531 g/mol. The van der Waals surface area contributed by atoms with E-state index < -0.39 is 11.2 Å². The van der Waals surface area contributed by atoms with Gasteiger partial charge >= 0.3 is 0 Å². The molecule has 0 amide bonds. The summed E-state index contributed by atoms with van der Waals surface area (Å²) in [6, 6.07) is 10.1. The topological polar surface area (TPSA) is 44.8 Å². The molecular weight excluding hydrogens is 489 g/mol. The molecule has 1 heterocycles. The summed E-state index contributed by atoms with van der Waals surface area (Å²) in [6.07, 6.45) is 0.517. The van der Waals surface area contributed by atoms with Crippen LogP contribution in [0.3, 0.4) is 0 Å². The highest BCUT2D eigenvalue weighted by Gasteiger charge is 2.34. The van der Waals surface area contributed by atoms with Crippen LogP contribution in [0, 0.1) is 0 Å². The smallest absolute Gasteiger partial charge is 0.236 e. The molecule has 192 valence electrons. The molecule has 4 radical (unpaired) electrons. The zero-order valence-corrected chi connectivity index (χ0v) is 26.2. The summed E-state index contributed by atoms with van der Waals surface area (Å²) in [5, 5.41) is 0.177. The molecule has 0 saturated heterocycles. The lowest BCUT2D eigenvalue weighted by Crippen LogP contribution is -2.34. The van der Waals surface area contributed by atoms with Gasteiger partial charge in [-0.15, -0.1) is 11.3 Å². The second-order valence-electron chi connectivity index (χ2n) is 12.0. The van der Waals surface area contributed by atoms with Crippen LogP contribution in [-0.4, -0.2) is 25.3 Å². The van der Waals surface area contributed by atoms with E-state index in [0.717, 1.165) is 26.6 Å². The molecule has 0 atom stereocenters. The molecular formula is C28H42O4SSi2. The monoisotopic (exact) mass is 530 g/mol. The SMILES string of the molecule is CCC(=O)c1ccc(COc2ccc(C(C)(C)O[Si]C(C)(C)C)c(C(C)(C)O[Si]C(C)(C)C)c2)s1. The van der Waals surface area contributed by atoms with Crippen molar-refractivity contribution in [1.82, 2.24) is 0 Å². The lowest BCUT2D eigenvalue weighted by molar-refractivity contribution is 0.0826. The molecule has 1 aromatic heterocycles. The van der Waals surface area contributed by atoms with Gasteiger partial charge in [-0.25, -0.2) is 0 Å². The molecule has 0 fully saturated rings. The van der Waals surface area contributed by atoms with Crippen molar-refractivity contribution in [3.05, 3.63) is 51.2 Å². The van der Waals surface area contributed by atoms with E-state index in [4.69, 9.17) is 13.6 Å². The molecule has 1 aromatic carbocycles. The van der Waals surface area contributed by atoms with E-state index in [1.165, 1.54) is 11.3 Å². The fourth-order valence-corrected chi connectivity index (χ4v) is 5.51. The van der Waals surface area contributed by atoms with Crippen LogP contribution in [0.5, 0.6) is 5.75 Å². The third-order valence-electron chi connectivity index (χ3n) is 5.15. The minimum Gasteiger partial charge on any atom is -0.488 e. The molecule has 2 aromatic rings. The molecule has 4 nitrogen and oxygen atoms in total.